The molecule has 1 amide bonds. The maximum absolute atomic E-state index is 11.7. The molecule has 0 aliphatic heterocycles. The molecule has 3 nitrogen and oxygen atoms in total. The van der Waals surface area contributed by atoms with Gasteiger partial charge in [-0.3, -0.25) is 4.79 Å². The summed E-state index contributed by atoms with van der Waals surface area (Å²) in [5.74, 6) is 0.103. The Morgan fingerprint density at radius 2 is 1.75 bits per heavy atom. The highest BCUT2D eigenvalue weighted by Gasteiger charge is 2.26. The summed E-state index contributed by atoms with van der Waals surface area (Å²) >= 11 is 0. The zero-order chi connectivity index (χ0) is 13.0. The van der Waals surface area contributed by atoms with Gasteiger partial charge in [0.15, 0.2) is 0 Å². The molecule has 0 spiro atoms. The van der Waals surface area contributed by atoms with E-state index in [1.54, 1.807) is 0 Å². The normalized spacial score (nSPS) is 14.7. The van der Waals surface area contributed by atoms with Crippen molar-refractivity contribution in [1.29, 1.82) is 0 Å². The summed E-state index contributed by atoms with van der Waals surface area (Å²) in [5, 5.41) is 3.07. The number of hydrogen-bond acceptors (Lipinski definition) is 2. The van der Waals surface area contributed by atoms with Crippen LogP contribution in [0.25, 0.3) is 0 Å². The van der Waals surface area contributed by atoms with Crippen LogP contribution in [-0.4, -0.2) is 17.5 Å². The molecule has 0 aliphatic rings. The Morgan fingerprint density at radius 1 is 1.25 bits per heavy atom. The first kappa shape index (κ1) is 15.4. The highest BCUT2D eigenvalue weighted by molar-refractivity contribution is 5.76. The molecule has 1 unspecified atom stereocenters. The van der Waals surface area contributed by atoms with Gasteiger partial charge in [0.25, 0.3) is 0 Å². The highest BCUT2D eigenvalue weighted by atomic mass is 16.1. The minimum atomic E-state index is -0.146. The van der Waals surface area contributed by atoms with Gasteiger partial charge in [0.05, 0.1) is 0 Å². The molecule has 1 atom stereocenters. The van der Waals surface area contributed by atoms with Crippen molar-refractivity contribution in [3.05, 3.63) is 0 Å². The molecule has 3 heteroatoms. The summed E-state index contributed by atoms with van der Waals surface area (Å²) in [4.78, 5) is 11.7. The number of nitrogens with one attached hydrogen (secondary N) is 1. The SMILES string of the molecule is CC(N)CCC(=O)NC(C)(C)CC(C)(C)C. The minimum Gasteiger partial charge on any atom is -0.351 e. The van der Waals surface area contributed by atoms with Crippen LogP contribution in [0.15, 0.2) is 0 Å². The average molecular weight is 228 g/mol. The molecule has 0 heterocycles. The topological polar surface area (TPSA) is 55.1 Å². The summed E-state index contributed by atoms with van der Waals surface area (Å²) in [5.41, 5.74) is 5.70. The van der Waals surface area contributed by atoms with Crippen molar-refractivity contribution in [3.63, 3.8) is 0 Å². The fourth-order valence-corrected chi connectivity index (χ4v) is 2.17. The molecule has 3 N–H and O–H groups in total. The van der Waals surface area contributed by atoms with Crippen molar-refractivity contribution in [3.8, 4) is 0 Å². The van der Waals surface area contributed by atoms with E-state index >= 15 is 0 Å². The van der Waals surface area contributed by atoms with Gasteiger partial charge in [-0.15, -0.1) is 0 Å². The van der Waals surface area contributed by atoms with Crippen LogP contribution in [0.4, 0.5) is 0 Å². The third-order valence-electron chi connectivity index (χ3n) is 2.28. The van der Waals surface area contributed by atoms with E-state index in [0.717, 1.165) is 12.8 Å². The van der Waals surface area contributed by atoms with Gasteiger partial charge in [-0.05, 0) is 39.0 Å². The molecule has 0 rings (SSSR count). The van der Waals surface area contributed by atoms with Crippen LogP contribution in [0.2, 0.25) is 0 Å². The van der Waals surface area contributed by atoms with E-state index in [0.29, 0.717) is 6.42 Å². The maximum Gasteiger partial charge on any atom is 0.220 e. The van der Waals surface area contributed by atoms with Gasteiger partial charge in [-0.1, -0.05) is 20.8 Å². The maximum atomic E-state index is 11.7. The molecule has 96 valence electrons. The second-order valence-corrected chi connectivity index (χ2v) is 6.69. The lowest BCUT2D eigenvalue weighted by molar-refractivity contribution is -0.123. The largest absolute Gasteiger partial charge is 0.351 e. The van der Waals surface area contributed by atoms with E-state index in [9.17, 15) is 4.79 Å². The first-order valence-corrected chi connectivity index (χ1v) is 6.08. The molecule has 0 radical (unpaired) electrons. The number of carbonyl (C=O) groups excluding carboxylic acids is 1. The highest BCUT2D eigenvalue weighted by Crippen LogP contribution is 2.26. The number of carbonyl (C=O) groups is 1. The monoisotopic (exact) mass is 228 g/mol. The average Bonchev–Trinajstić information content (AvgIpc) is 1.94. The molecular weight excluding hydrogens is 200 g/mol. The molecular formula is C13H28N2O. The summed E-state index contributed by atoms with van der Waals surface area (Å²) < 4.78 is 0. The quantitative estimate of drug-likeness (QED) is 0.759. The molecule has 16 heavy (non-hydrogen) atoms. The van der Waals surface area contributed by atoms with Gasteiger partial charge in [-0.25, -0.2) is 0 Å². The van der Waals surface area contributed by atoms with Crippen molar-refractivity contribution in [2.75, 3.05) is 0 Å². The lowest BCUT2D eigenvalue weighted by atomic mass is 9.81. The number of hydrogen-bond donors (Lipinski definition) is 2. The van der Waals surface area contributed by atoms with Crippen molar-refractivity contribution in [2.24, 2.45) is 11.1 Å². The van der Waals surface area contributed by atoms with E-state index in [-0.39, 0.29) is 22.9 Å². The zero-order valence-corrected chi connectivity index (χ0v) is 11.7. The van der Waals surface area contributed by atoms with Crippen molar-refractivity contribution < 1.29 is 4.79 Å². The first-order valence-electron chi connectivity index (χ1n) is 6.08. The van der Waals surface area contributed by atoms with Gasteiger partial charge in [0.2, 0.25) is 5.91 Å². The summed E-state index contributed by atoms with van der Waals surface area (Å²) in [7, 11) is 0. The number of amides is 1. The third kappa shape index (κ3) is 8.72. The van der Waals surface area contributed by atoms with Crippen LogP contribution >= 0.6 is 0 Å². The molecule has 0 saturated carbocycles. The zero-order valence-electron chi connectivity index (χ0n) is 11.7. The van der Waals surface area contributed by atoms with Gasteiger partial charge in [-0.2, -0.15) is 0 Å². The molecule has 0 aromatic carbocycles. The Balaban J connectivity index is 4.10. The second-order valence-electron chi connectivity index (χ2n) is 6.69. The van der Waals surface area contributed by atoms with Gasteiger partial charge < -0.3 is 11.1 Å². The molecule has 0 bridgehead atoms. The van der Waals surface area contributed by atoms with Crippen LogP contribution in [0.1, 0.15) is 60.8 Å². The van der Waals surface area contributed by atoms with Crippen LogP contribution < -0.4 is 11.1 Å². The van der Waals surface area contributed by atoms with Gasteiger partial charge >= 0.3 is 0 Å². The lowest BCUT2D eigenvalue weighted by Gasteiger charge is -2.33. The van der Waals surface area contributed by atoms with E-state index in [1.807, 2.05) is 6.92 Å². The molecule has 0 aliphatic carbocycles. The third-order valence-corrected chi connectivity index (χ3v) is 2.28. The summed E-state index contributed by atoms with van der Waals surface area (Å²) in [6.45, 7) is 12.6. The lowest BCUT2D eigenvalue weighted by Crippen LogP contribution is -2.46. The molecule has 0 saturated heterocycles. The molecule has 0 aromatic heterocycles. The Morgan fingerprint density at radius 3 is 2.12 bits per heavy atom. The van der Waals surface area contributed by atoms with E-state index in [1.165, 1.54) is 0 Å². The molecule has 0 aromatic rings. The van der Waals surface area contributed by atoms with Crippen molar-refractivity contribution >= 4 is 5.91 Å². The Hall–Kier alpha value is -0.570. The summed E-state index contributed by atoms with van der Waals surface area (Å²) in [6, 6.07) is 0.0940. The number of rotatable bonds is 5. The Labute approximate surface area is 100 Å². The fraction of sp³-hybridized carbons (Fsp3) is 0.923. The predicted octanol–water partition coefficient (Wildman–Crippen LogP) is 2.44. The predicted molar refractivity (Wildman–Crippen MR) is 69.2 cm³/mol. The second kappa shape index (κ2) is 5.67. The fourth-order valence-electron chi connectivity index (χ4n) is 2.17. The van der Waals surface area contributed by atoms with Crippen LogP contribution in [-0.2, 0) is 4.79 Å². The van der Waals surface area contributed by atoms with Gasteiger partial charge in [0, 0.05) is 18.0 Å². The van der Waals surface area contributed by atoms with Gasteiger partial charge in [0.1, 0.15) is 0 Å². The van der Waals surface area contributed by atoms with Crippen LogP contribution in [0.5, 0.6) is 0 Å². The summed E-state index contributed by atoms with van der Waals surface area (Å²) in [6.07, 6.45) is 2.23. The number of nitrogens with two attached hydrogens (primary N) is 1. The van der Waals surface area contributed by atoms with Crippen LogP contribution in [0, 0.1) is 5.41 Å². The first-order chi connectivity index (χ1) is 7.02. The molecule has 0 fully saturated rings. The van der Waals surface area contributed by atoms with Crippen molar-refractivity contribution in [2.45, 2.75) is 72.4 Å². The minimum absolute atomic E-state index is 0.0940. The van der Waals surface area contributed by atoms with Crippen molar-refractivity contribution in [1.82, 2.24) is 5.32 Å². The van der Waals surface area contributed by atoms with E-state index < -0.39 is 0 Å². The Bertz CT molecular complexity index is 227. The smallest absolute Gasteiger partial charge is 0.220 e. The standard InChI is InChI=1S/C13H28N2O/c1-10(14)7-8-11(16)15-13(5,6)9-12(2,3)4/h10H,7-9,14H2,1-6H3,(H,15,16). The van der Waals surface area contributed by atoms with Crippen LogP contribution in [0.3, 0.4) is 0 Å². The van der Waals surface area contributed by atoms with E-state index in [2.05, 4.69) is 39.9 Å². The Kier molecular flexibility index (Phi) is 5.47. The van der Waals surface area contributed by atoms with E-state index in [4.69, 9.17) is 5.73 Å².